The van der Waals surface area contributed by atoms with Crippen molar-refractivity contribution >= 4 is 27.3 Å². The van der Waals surface area contributed by atoms with E-state index in [0.29, 0.717) is 31.2 Å². The third kappa shape index (κ3) is 3.44. The number of ether oxygens (including phenoxy) is 1. The first-order valence-electron chi connectivity index (χ1n) is 9.66. The SMILES string of the molecule is Cc1nc(CN2C[C@]3(CCN(c4ncccn4)C3)Oc3ccccc3S2(=O)=O)cs1. The molecule has 0 unspecified atom stereocenters. The summed E-state index contributed by atoms with van der Waals surface area (Å²) < 4.78 is 35.0. The van der Waals surface area contributed by atoms with Gasteiger partial charge in [-0.3, -0.25) is 0 Å². The fourth-order valence-corrected chi connectivity index (χ4v) is 6.25. The number of rotatable bonds is 3. The standard InChI is InChI=1S/C20H21N5O3S2/c1-15-23-16(12-29-15)11-25-14-20(7-10-24(13-20)19-21-8-4-9-22-19)28-17-5-2-3-6-18(17)30(25,26)27/h2-6,8-9,12H,7,10-11,13-14H2,1H3/t20-/m1/s1. The smallest absolute Gasteiger partial charge is 0.247 e. The fraction of sp³-hybridized carbons (Fsp3) is 0.350. The number of para-hydroxylation sites is 1. The van der Waals surface area contributed by atoms with E-state index in [1.807, 2.05) is 17.2 Å². The first-order valence-corrected chi connectivity index (χ1v) is 12.0. The summed E-state index contributed by atoms with van der Waals surface area (Å²) in [6.07, 6.45) is 4.08. The maximum Gasteiger partial charge on any atom is 0.247 e. The second kappa shape index (κ2) is 7.29. The van der Waals surface area contributed by atoms with E-state index < -0.39 is 15.6 Å². The number of hydrogen-bond donors (Lipinski definition) is 0. The molecule has 0 N–H and O–H groups in total. The third-order valence-electron chi connectivity index (χ3n) is 5.41. The van der Waals surface area contributed by atoms with E-state index in [1.54, 1.807) is 42.7 Å². The second-order valence-electron chi connectivity index (χ2n) is 7.58. The van der Waals surface area contributed by atoms with Gasteiger partial charge in [0.05, 0.1) is 30.3 Å². The highest BCUT2D eigenvalue weighted by Gasteiger charge is 2.48. The van der Waals surface area contributed by atoms with Crippen molar-refractivity contribution in [2.45, 2.75) is 30.4 Å². The Morgan fingerprint density at radius 3 is 2.73 bits per heavy atom. The topological polar surface area (TPSA) is 88.5 Å². The lowest BCUT2D eigenvalue weighted by molar-refractivity contribution is 0.0710. The van der Waals surface area contributed by atoms with Gasteiger partial charge in [-0.1, -0.05) is 12.1 Å². The van der Waals surface area contributed by atoms with E-state index >= 15 is 0 Å². The number of fused-ring (bicyclic) bond motifs is 1. The van der Waals surface area contributed by atoms with Crippen LogP contribution in [0.1, 0.15) is 17.1 Å². The van der Waals surface area contributed by atoms with Gasteiger partial charge >= 0.3 is 0 Å². The van der Waals surface area contributed by atoms with Gasteiger partial charge in [0, 0.05) is 30.7 Å². The van der Waals surface area contributed by atoms with Crippen LogP contribution in [0.2, 0.25) is 0 Å². The van der Waals surface area contributed by atoms with Crippen LogP contribution < -0.4 is 9.64 Å². The van der Waals surface area contributed by atoms with Crippen molar-refractivity contribution < 1.29 is 13.2 Å². The lowest BCUT2D eigenvalue weighted by atomic mass is 10.0. The van der Waals surface area contributed by atoms with Gasteiger partial charge in [-0.2, -0.15) is 4.31 Å². The highest BCUT2D eigenvalue weighted by Crippen LogP contribution is 2.39. The molecular weight excluding hydrogens is 422 g/mol. The van der Waals surface area contributed by atoms with Gasteiger partial charge in [0.25, 0.3) is 0 Å². The number of nitrogens with zero attached hydrogens (tertiary/aromatic N) is 5. The van der Waals surface area contributed by atoms with E-state index in [4.69, 9.17) is 4.74 Å². The highest BCUT2D eigenvalue weighted by molar-refractivity contribution is 7.89. The lowest BCUT2D eigenvalue weighted by Crippen LogP contribution is -2.49. The number of thiazole rings is 1. The molecule has 2 aromatic heterocycles. The van der Waals surface area contributed by atoms with Crippen LogP contribution in [0.15, 0.2) is 53.0 Å². The maximum absolute atomic E-state index is 13.5. The summed E-state index contributed by atoms with van der Waals surface area (Å²) in [6.45, 7) is 3.57. The zero-order valence-electron chi connectivity index (χ0n) is 16.4. The molecule has 30 heavy (non-hydrogen) atoms. The molecule has 0 radical (unpaired) electrons. The summed E-state index contributed by atoms with van der Waals surface area (Å²) in [5, 5.41) is 2.82. The van der Waals surface area contributed by atoms with Crippen LogP contribution in [-0.4, -0.2) is 52.9 Å². The molecule has 156 valence electrons. The van der Waals surface area contributed by atoms with Gasteiger partial charge < -0.3 is 9.64 Å². The predicted molar refractivity (Wildman–Crippen MR) is 113 cm³/mol. The molecule has 2 aliphatic heterocycles. The first kappa shape index (κ1) is 19.4. The van der Waals surface area contributed by atoms with Crippen molar-refractivity contribution in [1.82, 2.24) is 19.3 Å². The second-order valence-corrected chi connectivity index (χ2v) is 10.6. The van der Waals surface area contributed by atoms with Crippen LogP contribution in [0, 0.1) is 6.92 Å². The van der Waals surface area contributed by atoms with E-state index in [9.17, 15) is 8.42 Å². The normalized spacial score (nSPS) is 23.2. The number of sulfonamides is 1. The molecule has 5 rings (SSSR count). The number of benzene rings is 1. The van der Waals surface area contributed by atoms with Crippen molar-refractivity contribution in [2.24, 2.45) is 0 Å². The third-order valence-corrected chi connectivity index (χ3v) is 8.07. The molecule has 1 spiro atoms. The number of hydrogen-bond acceptors (Lipinski definition) is 8. The van der Waals surface area contributed by atoms with Gasteiger partial charge in [-0.15, -0.1) is 11.3 Å². The molecule has 8 nitrogen and oxygen atoms in total. The summed E-state index contributed by atoms with van der Waals surface area (Å²) in [7, 11) is -3.73. The summed E-state index contributed by atoms with van der Waals surface area (Å²) >= 11 is 1.52. The molecule has 4 heterocycles. The van der Waals surface area contributed by atoms with Crippen LogP contribution in [0.5, 0.6) is 5.75 Å². The lowest BCUT2D eigenvalue weighted by Gasteiger charge is -2.31. The average molecular weight is 444 g/mol. The largest absolute Gasteiger partial charge is 0.483 e. The molecule has 0 saturated carbocycles. The van der Waals surface area contributed by atoms with Crippen LogP contribution in [0.25, 0.3) is 0 Å². The van der Waals surface area contributed by atoms with Crippen LogP contribution in [0.4, 0.5) is 5.95 Å². The molecule has 2 aliphatic rings. The van der Waals surface area contributed by atoms with Crippen LogP contribution >= 0.6 is 11.3 Å². The number of aromatic nitrogens is 3. The Hall–Kier alpha value is -2.56. The van der Waals surface area contributed by atoms with Gasteiger partial charge in [0.15, 0.2) is 0 Å². The molecule has 1 fully saturated rings. The van der Waals surface area contributed by atoms with Crippen LogP contribution in [0.3, 0.4) is 0 Å². The van der Waals surface area contributed by atoms with Crippen molar-refractivity contribution in [1.29, 1.82) is 0 Å². The molecular formula is C20H21N5O3S2. The summed E-state index contributed by atoms with van der Waals surface area (Å²) in [4.78, 5) is 15.4. The van der Waals surface area contributed by atoms with Gasteiger partial charge in [0.2, 0.25) is 16.0 Å². The van der Waals surface area contributed by atoms with Crippen molar-refractivity contribution in [3.63, 3.8) is 0 Å². The number of aryl methyl sites for hydroxylation is 1. The first-order chi connectivity index (χ1) is 14.5. The molecule has 3 aromatic rings. The van der Waals surface area contributed by atoms with Gasteiger partial charge in [-0.25, -0.2) is 23.4 Å². The Bertz CT molecular complexity index is 1170. The molecule has 0 amide bonds. The molecule has 1 atom stereocenters. The monoisotopic (exact) mass is 443 g/mol. The summed E-state index contributed by atoms with van der Waals surface area (Å²) in [6, 6.07) is 8.64. The molecule has 0 aliphatic carbocycles. The van der Waals surface area contributed by atoms with E-state index in [2.05, 4.69) is 15.0 Å². The Morgan fingerprint density at radius 2 is 1.97 bits per heavy atom. The molecule has 10 heteroatoms. The van der Waals surface area contributed by atoms with Crippen molar-refractivity contribution in [3.05, 3.63) is 58.8 Å². The summed E-state index contributed by atoms with van der Waals surface area (Å²) in [5.41, 5.74) is 0.0566. The van der Waals surface area contributed by atoms with Gasteiger partial charge in [0.1, 0.15) is 16.2 Å². The van der Waals surface area contributed by atoms with E-state index in [1.165, 1.54) is 15.6 Å². The number of anilines is 1. The predicted octanol–water partition coefficient (Wildman–Crippen LogP) is 2.47. The Balaban J connectivity index is 1.53. The van der Waals surface area contributed by atoms with Gasteiger partial charge in [-0.05, 0) is 25.1 Å². The quantitative estimate of drug-likeness (QED) is 0.614. The van der Waals surface area contributed by atoms with Crippen molar-refractivity contribution in [3.8, 4) is 5.75 Å². The molecule has 0 bridgehead atoms. The average Bonchev–Trinajstić information content (AvgIpc) is 3.33. The Morgan fingerprint density at radius 1 is 1.17 bits per heavy atom. The van der Waals surface area contributed by atoms with E-state index in [0.717, 1.165) is 10.7 Å². The van der Waals surface area contributed by atoms with E-state index in [-0.39, 0.29) is 18.0 Å². The zero-order valence-corrected chi connectivity index (χ0v) is 18.1. The fourth-order valence-electron chi connectivity index (χ4n) is 4.04. The summed E-state index contributed by atoms with van der Waals surface area (Å²) in [5.74, 6) is 1.02. The minimum Gasteiger partial charge on any atom is -0.483 e. The minimum absolute atomic E-state index is 0.197. The Labute approximate surface area is 179 Å². The molecule has 1 saturated heterocycles. The Kier molecular flexibility index (Phi) is 4.72. The van der Waals surface area contributed by atoms with Crippen LogP contribution in [-0.2, 0) is 16.6 Å². The minimum atomic E-state index is -3.73. The highest BCUT2D eigenvalue weighted by atomic mass is 32.2. The van der Waals surface area contributed by atoms with Crippen molar-refractivity contribution in [2.75, 3.05) is 24.5 Å². The maximum atomic E-state index is 13.5. The zero-order chi connectivity index (χ0) is 20.8. The molecule has 1 aromatic carbocycles.